The van der Waals surface area contributed by atoms with E-state index in [2.05, 4.69) is 63.7 Å². The monoisotopic (exact) mass is 569 g/mol. The summed E-state index contributed by atoms with van der Waals surface area (Å²) in [5.41, 5.74) is 1.74. The maximum absolute atomic E-state index is 14.4. The molecule has 3 rings (SSSR count). The molecule has 0 saturated carbocycles. The maximum Gasteiger partial charge on any atom is 0.418 e. The van der Waals surface area contributed by atoms with Crippen LogP contribution in [0.1, 0.15) is 83.4 Å². The number of nitrogens with zero attached hydrogens (tertiary/aromatic N) is 3. The number of benzene rings is 2. The Hall–Kier alpha value is -2.86. The lowest BCUT2D eigenvalue weighted by Gasteiger charge is -2.35. The van der Waals surface area contributed by atoms with Crippen molar-refractivity contribution >= 4 is 28.6 Å². The maximum atomic E-state index is 14.4. The Kier molecular flexibility index (Phi) is 12.3. The van der Waals surface area contributed by atoms with Crippen molar-refractivity contribution in [1.82, 2.24) is 0 Å². The minimum atomic E-state index is -4.42. The van der Waals surface area contributed by atoms with Crippen molar-refractivity contribution in [3.05, 3.63) is 71.5 Å². The first-order valence-electron chi connectivity index (χ1n) is 15.6. The van der Waals surface area contributed by atoms with Crippen molar-refractivity contribution in [1.29, 1.82) is 0 Å². The van der Waals surface area contributed by atoms with Crippen LogP contribution in [0.5, 0.6) is 0 Å². The van der Waals surface area contributed by atoms with Gasteiger partial charge in [0, 0.05) is 30.9 Å². The van der Waals surface area contributed by atoms with Gasteiger partial charge < -0.3 is 9.38 Å². The van der Waals surface area contributed by atoms with Crippen LogP contribution in [0.2, 0.25) is 0 Å². The van der Waals surface area contributed by atoms with Crippen LogP contribution in [0, 0.1) is 0 Å². The lowest BCUT2D eigenvalue weighted by Crippen LogP contribution is -2.49. The van der Waals surface area contributed by atoms with Gasteiger partial charge in [-0.15, -0.1) is 0 Å². The van der Waals surface area contributed by atoms with Gasteiger partial charge in [0.2, 0.25) is 0 Å². The zero-order chi connectivity index (χ0) is 29.9. The van der Waals surface area contributed by atoms with Gasteiger partial charge in [0.1, 0.15) is 0 Å². The summed E-state index contributed by atoms with van der Waals surface area (Å²) in [5, 5.41) is 0.878. The standard InChI is InChI=1S/C35H50F3N3/c1-6-11-23-40(24-12-7-2)33-19-17-31-28-30(16-18-32(31)34(33)35(36,37)38)15-14-29-20-25-39(26-21-29)22-13-27-41(8-3,9-4)10-5/h14-21,25-26,28H,6-13,22-24,27H2,1-5H3/q+2. The van der Waals surface area contributed by atoms with Gasteiger partial charge in [-0.3, -0.25) is 0 Å². The molecule has 0 radical (unpaired) electrons. The van der Waals surface area contributed by atoms with Crippen molar-refractivity contribution < 1.29 is 22.2 Å². The Balaban J connectivity index is 1.78. The third-order valence-electron chi connectivity index (χ3n) is 8.66. The van der Waals surface area contributed by atoms with Gasteiger partial charge in [0.05, 0.1) is 38.2 Å². The second kappa shape index (κ2) is 15.4. The molecule has 0 aliphatic rings. The van der Waals surface area contributed by atoms with E-state index in [4.69, 9.17) is 0 Å². The molecule has 0 aliphatic carbocycles. The Morgan fingerprint density at radius 1 is 0.756 bits per heavy atom. The van der Waals surface area contributed by atoms with E-state index in [1.165, 1.54) is 26.2 Å². The van der Waals surface area contributed by atoms with Gasteiger partial charge in [-0.05, 0) is 67.6 Å². The second-order valence-corrected chi connectivity index (χ2v) is 11.2. The molecule has 3 nitrogen and oxygen atoms in total. The lowest BCUT2D eigenvalue weighted by molar-refractivity contribution is -0.925. The summed E-state index contributed by atoms with van der Waals surface area (Å²) < 4.78 is 46.7. The number of hydrogen-bond donors (Lipinski definition) is 0. The third kappa shape index (κ3) is 8.81. The quantitative estimate of drug-likeness (QED) is 0.123. The van der Waals surface area contributed by atoms with E-state index < -0.39 is 11.7 Å². The smallest absolute Gasteiger partial charge is 0.371 e. The molecule has 0 amide bonds. The molecule has 224 valence electrons. The summed E-state index contributed by atoms with van der Waals surface area (Å²) in [5.74, 6) is 0. The first-order chi connectivity index (χ1) is 19.7. The highest BCUT2D eigenvalue weighted by Crippen LogP contribution is 2.42. The molecule has 0 spiro atoms. The van der Waals surface area contributed by atoms with Crippen LogP contribution < -0.4 is 9.47 Å². The average molecular weight is 570 g/mol. The molecule has 0 bridgehead atoms. The fourth-order valence-corrected chi connectivity index (χ4v) is 5.71. The van der Waals surface area contributed by atoms with Crippen LogP contribution in [0.15, 0.2) is 54.9 Å². The summed E-state index contributed by atoms with van der Waals surface area (Å²) in [4.78, 5) is 1.93. The molecule has 0 fully saturated rings. The van der Waals surface area contributed by atoms with Crippen LogP contribution >= 0.6 is 0 Å². The predicted molar refractivity (Wildman–Crippen MR) is 168 cm³/mol. The van der Waals surface area contributed by atoms with E-state index in [1.807, 2.05) is 29.2 Å². The van der Waals surface area contributed by atoms with E-state index in [0.717, 1.165) is 54.3 Å². The number of alkyl halides is 3. The van der Waals surface area contributed by atoms with E-state index >= 15 is 0 Å². The number of hydrogen-bond acceptors (Lipinski definition) is 1. The molecule has 3 aromatic rings. The van der Waals surface area contributed by atoms with Crippen molar-refractivity contribution in [3.8, 4) is 0 Å². The molecule has 0 atom stereocenters. The minimum absolute atomic E-state index is 0.266. The van der Waals surface area contributed by atoms with Crippen molar-refractivity contribution in [2.24, 2.45) is 0 Å². The topological polar surface area (TPSA) is 7.12 Å². The highest BCUT2D eigenvalue weighted by molar-refractivity contribution is 5.93. The molecule has 2 aromatic carbocycles. The second-order valence-electron chi connectivity index (χ2n) is 11.2. The SMILES string of the molecule is CCCCN(CCCC)c1ccc2cc(/C=C/c3cc[n+](CCC[N+](CC)(CC)CC)cc3)ccc2c1C(F)(F)F. The fourth-order valence-electron chi connectivity index (χ4n) is 5.71. The summed E-state index contributed by atoms with van der Waals surface area (Å²) in [7, 11) is 0. The number of aromatic nitrogens is 1. The molecular formula is C35H50F3N3+2. The largest absolute Gasteiger partial charge is 0.418 e. The third-order valence-corrected chi connectivity index (χ3v) is 8.66. The molecule has 0 saturated heterocycles. The van der Waals surface area contributed by atoms with Crippen LogP contribution in [0.3, 0.4) is 0 Å². The van der Waals surface area contributed by atoms with E-state index in [-0.39, 0.29) is 5.39 Å². The number of aryl methyl sites for hydroxylation is 1. The van der Waals surface area contributed by atoms with Crippen LogP contribution in [-0.4, -0.2) is 43.8 Å². The van der Waals surface area contributed by atoms with Gasteiger partial charge in [-0.2, -0.15) is 13.2 Å². The number of pyridine rings is 1. The van der Waals surface area contributed by atoms with Gasteiger partial charge >= 0.3 is 6.18 Å². The van der Waals surface area contributed by atoms with E-state index in [0.29, 0.717) is 24.2 Å². The molecule has 0 aliphatic heterocycles. The van der Waals surface area contributed by atoms with Crippen molar-refractivity contribution in [2.45, 2.75) is 79.4 Å². The number of halogens is 3. The predicted octanol–water partition coefficient (Wildman–Crippen LogP) is 8.99. The number of quaternary nitrogens is 1. The van der Waals surface area contributed by atoms with Gasteiger partial charge in [0.25, 0.3) is 0 Å². The van der Waals surface area contributed by atoms with E-state index in [1.54, 1.807) is 18.2 Å². The van der Waals surface area contributed by atoms with Crippen molar-refractivity contribution in [2.75, 3.05) is 44.2 Å². The molecular weight excluding hydrogens is 519 g/mol. The van der Waals surface area contributed by atoms with Crippen molar-refractivity contribution in [3.63, 3.8) is 0 Å². The summed E-state index contributed by atoms with van der Waals surface area (Å²) >= 11 is 0. The zero-order valence-corrected chi connectivity index (χ0v) is 25.8. The minimum Gasteiger partial charge on any atom is -0.371 e. The first-order valence-corrected chi connectivity index (χ1v) is 15.6. The Morgan fingerprint density at radius 3 is 1.93 bits per heavy atom. The summed E-state index contributed by atoms with van der Waals surface area (Å²) in [6.45, 7) is 17.9. The highest BCUT2D eigenvalue weighted by Gasteiger charge is 2.37. The summed E-state index contributed by atoms with van der Waals surface area (Å²) in [6, 6.07) is 13.0. The van der Waals surface area contributed by atoms with Gasteiger partial charge in [-0.25, -0.2) is 4.57 Å². The number of fused-ring (bicyclic) bond motifs is 1. The molecule has 1 aromatic heterocycles. The normalized spacial score (nSPS) is 12.5. The molecule has 1 heterocycles. The lowest BCUT2D eigenvalue weighted by atomic mass is 9.98. The Bertz CT molecular complexity index is 1230. The number of unbranched alkanes of at least 4 members (excludes halogenated alkanes) is 2. The molecule has 41 heavy (non-hydrogen) atoms. The van der Waals surface area contributed by atoms with Gasteiger partial charge in [-0.1, -0.05) is 57.0 Å². The molecule has 0 unspecified atom stereocenters. The number of rotatable bonds is 16. The Labute approximate surface area is 245 Å². The first kappa shape index (κ1) is 32.7. The molecule has 0 N–H and O–H groups in total. The van der Waals surface area contributed by atoms with Crippen LogP contribution in [0.25, 0.3) is 22.9 Å². The fraction of sp³-hybridized carbons (Fsp3) is 0.514. The Morgan fingerprint density at radius 2 is 1.37 bits per heavy atom. The molecule has 6 heteroatoms. The number of anilines is 1. The van der Waals surface area contributed by atoms with Crippen LogP contribution in [0.4, 0.5) is 18.9 Å². The highest BCUT2D eigenvalue weighted by atomic mass is 19.4. The van der Waals surface area contributed by atoms with Gasteiger partial charge in [0.15, 0.2) is 18.9 Å². The summed E-state index contributed by atoms with van der Waals surface area (Å²) in [6.07, 6.45) is 8.58. The van der Waals surface area contributed by atoms with Crippen LogP contribution in [-0.2, 0) is 12.7 Å². The zero-order valence-electron chi connectivity index (χ0n) is 25.8. The average Bonchev–Trinajstić information content (AvgIpc) is 2.98. The van der Waals surface area contributed by atoms with E-state index in [9.17, 15) is 13.2 Å².